The van der Waals surface area contributed by atoms with Crippen molar-refractivity contribution in [1.82, 2.24) is 4.90 Å². The number of benzene rings is 2. The summed E-state index contributed by atoms with van der Waals surface area (Å²) in [5.41, 5.74) is 5.79. The molecule has 1 amide bonds. The Balaban J connectivity index is 2.04. The fraction of sp³-hybridized carbons (Fsp3) is 0.409. The standard InChI is InChI=1S/C22H28Br2N2O3/c1-4-26(16(3)14-29-20-12-8-6-10-18(20)24)21(22(25)27)15(2)13-28-19-11-7-5-9-17(19)23/h5-12,15-16,21H,4,13-14H2,1-3H3,(H2,25,27)/t15-,16+,21?/m0/s1. The average Bonchev–Trinajstić information content (AvgIpc) is 2.70. The van der Waals surface area contributed by atoms with E-state index in [-0.39, 0.29) is 17.9 Å². The Labute approximate surface area is 189 Å². The molecule has 0 saturated carbocycles. The lowest BCUT2D eigenvalue weighted by Gasteiger charge is -2.36. The Hall–Kier alpha value is -1.57. The first-order valence-corrected chi connectivity index (χ1v) is 11.2. The summed E-state index contributed by atoms with van der Waals surface area (Å²) >= 11 is 6.97. The largest absolute Gasteiger partial charge is 0.492 e. The third kappa shape index (κ3) is 6.73. The van der Waals surface area contributed by atoms with Gasteiger partial charge >= 0.3 is 0 Å². The zero-order valence-corrected chi connectivity index (χ0v) is 20.1. The predicted molar refractivity (Wildman–Crippen MR) is 123 cm³/mol. The smallest absolute Gasteiger partial charge is 0.235 e. The fourth-order valence-electron chi connectivity index (χ4n) is 3.30. The minimum Gasteiger partial charge on any atom is -0.492 e. The number of primary amides is 1. The molecule has 0 aromatic heterocycles. The van der Waals surface area contributed by atoms with Crippen molar-refractivity contribution in [3.05, 3.63) is 57.5 Å². The number of para-hydroxylation sites is 2. The topological polar surface area (TPSA) is 64.8 Å². The van der Waals surface area contributed by atoms with E-state index in [0.29, 0.717) is 19.8 Å². The SMILES string of the molecule is CCN(C(C(N)=O)[C@@H](C)COc1ccccc1Br)[C@H](C)COc1ccccc1Br. The van der Waals surface area contributed by atoms with Gasteiger partial charge in [0.05, 0.1) is 21.6 Å². The summed E-state index contributed by atoms with van der Waals surface area (Å²) < 4.78 is 13.7. The molecule has 0 saturated heterocycles. The van der Waals surface area contributed by atoms with Crippen LogP contribution in [0.4, 0.5) is 0 Å². The number of hydrogen-bond acceptors (Lipinski definition) is 4. The summed E-state index contributed by atoms with van der Waals surface area (Å²) in [6, 6.07) is 14.9. The maximum Gasteiger partial charge on any atom is 0.235 e. The molecule has 1 unspecified atom stereocenters. The Morgan fingerprint density at radius 1 is 0.966 bits per heavy atom. The zero-order chi connectivity index (χ0) is 21.4. The van der Waals surface area contributed by atoms with E-state index in [2.05, 4.69) is 36.8 Å². The lowest BCUT2D eigenvalue weighted by molar-refractivity contribution is -0.126. The molecule has 2 N–H and O–H groups in total. The zero-order valence-electron chi connectivity index (χ0n) is 17.0. The first kappa shape index (κ1) is 23.7. The van der Waals surface area contributed by atoms with Crippen molar-refractivity contribution in [3.63, 3.8) is 0 Å². The van der Waals surface area contributed by atoms with Gasteiger partial charge in [0.15, 0.2) is 0 Å². The minimum absolute atomic E-state index is 0.00415. The number of hydrogen-bond donors (Lipinski definition) is 1. The van der Waals surface area contributed by atoms with Crippen LogP contribution in [-0.4, -0.2) is 42.6 Å². The summed E-state index contributed by atoms with van der Waals surface area (Å²) in [6.07, 6.45) is 0. The van der Waals surface area contributed by atoms with Crippen LogP contribution in [-0.2, 0) is 4.79 Å². The lowest BCUT2D eigenvalue weighted by Crippen LogP contribution is -2.54. The van der Waals surface area contributed by atoms with E-state index in [4.69, 9.17) is 15.2 Å². The molecular formula is C22H28Br2N2O3. The van der Waals surface area contributed by atoms with Gasteiger partial charge in [0.1, 0.15) is 18.1 Å². The lowest BCUT2D eigenvalue weighted by atomic mass is 9.99. The van der Waals surface area contributed by atoms with Crippen LogP contribution in [0.2, 0.25) is 0 Å². The van der Waals surface area contributed by atoms with Gasteiger partial charge in [-0.25, -0.2) is 0 Å². The molecule has 0 fully saturated rings. The number of halogens is 2. The molecule has 29 heavy (non-hydrogen) atoms. The Bertz CT molecular complexity index is 803. The van der Waals surface area contributed by atoms with Gasteiger partial charge in [0.25, 0.3) is 0 Å². The van der Waals surface area contributed by atoms with Crippen molar-refractivity contribution in [3.8, 4) is 11.5 Å². The van der Waals surface area contributed by atoms with Gasteiger partial charge in [-0.3, -0.25) is 9.69 Å². The van der Waals surface area contributed by atoms with E-state index in [9.17, 15) is 4.79 Å². The highest BCUT2D eigenvalue weighted by Gasteiger charge is 2.32. The number of carbonyl (C=O) groups is 1. The van der Waals surface area contributed by atoms with Crippen molar-refractivity contribution in [2.24, 2.45) is 11.7 Å². The van der Waals surface area contributed by atoms with Crippen molar-refractivity contribution < 1.29 is 14.3 Å². The summed E-state index contributed by atoms with van der Waals surface area (Å²) in [7, 11) is 0. The average molecular weight is 528 g/mol. The maximum atomic E-state index is 12.3. The van der Waals surface area contributed by atoms with E-state index >= 15 is 0 Å². The van der Waals surface area contributed by atoms with Crippen molar-refractivity contribution >= 4 is 37.8 Å². The Kier molecular flexibility index (Phi) is 9.46. The van der Waals surface area contributed by atoms with E-state index < -0.39 is 6.04 Å². The van der Waals surface area contributed by atoms with Crippen LogP contribution in [0.15, 0.2) is 57.5 Å². The van der Waals surface area contributed by atoms with Gasteiger partial charge in [-0.15, -0.1) is 0 Å². The molecular weight excluding hydrogens is 500 g/mol. The summed E-state index contributed by atoms with van der Waals surface area (Å²) in [5, 5.41) is 0. The van der Waals surface area contributed by atoms with Crippen LogP contribution in [0.1, 0.15) is 20.8 Å². The van der Waals surface area contributed by atoms with Crippen molar-refractivity contribution in [2.45, 2.75) is 32.9 Å². The molecule has 0 aliphatic carbocycles. The molecule has 0 spiro atoms. The second kappa shape index (κ2) is 11.6. The van der Waals surface area contributed by atoms with Crippen molar-refractivity contribution in [1.29, 1.82) is 0 Å². The van der Waals surface area contributed by atoms with E-state index in [0.717, 1.165) is 20.4 Å². The molecule has 158 valence electrons. The molecule has 5 nitrogen and oxygen atoms in total. The molecule has 3 atom stereocenters. The Morgan fingerprint density at radius 3 is 1.90 bits per heavy atom. The number of nitrogens with two attached hydrogens (primary N) is 1. The van der Waals surface area contributed by atoms with Crippen LogP contribution in [0.25, 0.3) is 0 Å². The van der Waals surface area contributed by atoms with Gasteiger partial charge in [-0.05, 0) is 69.6 Å². The number of nitrogens with zero attached hydrogens (tertiary/aromatic N) is 1. The molecule has 2 aromatic carbocycles. The van der Waals surface area contributed by atoms with E-state index in [1.165, 1.54) is 0 Å². The highest BCUT2D eigenvalue weighted by Crippen LogP contribution is 2.26. The second-order valence-corrected chi connectivity index (χ2v) is 8.70. The normalized spacial score (nSPS) is 14.3. The molecule has 0 heterocycles. The summed E-state index contributed by atoms with van der Waals surface area (Å²) in [5.74, 6) is 1.07. The van der Waals surface area contributed by atoms with Crippen molar-refractivity contribution in [2.75, 3.05) is 19.8 Å². The molecule has 0 aliphatic rings. The fourth-order valence-corrected chi connectivity index (χ4v) is 4.09. The van der Waals surface area contributed by atoms with Crippen LogP contribution in [0, 0.1) is 5.92 Å². The van der Waals surface area contributed by atoms with Crippen LogP contribution < -0.4 is 15.2 Å². The molecule has 7 heteroatoms. The molecule has 0 radical (unpaired) electrons. The number of likely N-dealkylation sites (N-methyl/N-ethyl adjacent to an activating group) is 1. The van der Waals surface area contributed by atoms with Crippen LogP contribution in [0.3, 0.4) is 0 Å². The number of amides is 1. The molecule has 2 aromatic rings. The number of rotatable bonds is 11. The van der Waals surface area contributed by atoms with E-state index in [1.54, 1.807) is 0 Å². The van der Waals surface area contributed by atoms with Gasteiger partial charge in [-0.2, -0.15) is 0 Å². The quantitative estimate of drug-likeness (QED) is 0.452. The molecule has 0 bridgehead atoms. The van der Waals surface area contributed by atoms with Gasteiger partial charge in [-0.1, -0.05) is 38.1 Å². The van der Waals surface area contributed by atoms with Crippen LogP contribution in [0.5, 0.6) is 11.5 Å². The van der Waals surface area contributed by atoms with Crippen LogP contribution >= 0.6 is 31.9 Å². The maximum absolute atomic E-state index is 12.3. The molecule has 0 aliphatic heterocycles. The minimum atomic E-state index is -0.458. The predicted octanol–water partition coefficient (Wildman–Crippen LogP) is 4.87. The third-order valence-corrected chi connectivity index (χ3v) is 6.08. The Morgan fingerprint density at radius 2 is 1.45 bits per heavy atom. The first-order valence-electron chi connectivity index (χ1n) is 9.64. The first-order chi connectivity index (χ1) is 13.8. The second-order valence-electron chi connectivity index (χ2n) is 6.99. The van der Waals surface area contributed by atoms with Gasteiger partial charge in [0, 0.05) is 12.0 Å². The monoisotopic (exact) mass is 526 g/mol. The molecule has 2 rings (SSSR count). The van der Waals surface area contributed by atoms with E-state index in [1.807, 2.05) is 69.3 Å². The number of ether oxygens (including phenoxy) is 2. The van der Waals surface area contributed by atoms with Gasteiger partial charge in [0.2, 0.25) is 5.91 Å². The third-order valence-electron chi connectivity index (χ3n) is 4.77. The number of carbonyl (C=O) groups excluding carboxylic acids is 1. The summed E-state index contributed by atoms with van der Waals surface area (Å²) in [4.78, 5) is 14.4. The highest BCUT2D eigenvalue weighted by molar-refractivity contribution is 9.10. The van der Waals surface area contributed by atoms with Gasteiger partial charge < -0.3 is 15.2 Å². The summed E-state index contributed by atoms with van der Waals surface area (Å²) in [6.45, 7) is 7.54. The highest BCUT2D eigenvalue weighted by atomic mass is 79.9.